The molecule has 0 fully saturated rings. The number of halogens is 1. The Kier molecular flexibility index (Phi) is 5.93. The Morgan fingerprint density at radius 2 is 1.69 bits per heavy atom. The van der Waals surface area contributed by atoms with E-state index in [1.807, 2.05) is 48.9 Å². The minimum atomic E-state index is -0.422. The molecule has 0 unspecified atom stereocenters. The van der Waals surface area contributed by atoms with Gasteiger partial charge in [-0.15, -0.1) is 0 Å². The number of amides is 1. The predicted molar refractivity (Wildman–Crippen MR) is 118 cm³/mol. The van der Waals surface area contributed by atoms with Crippen LogP contribution in [-0.4, -0.2) is 25.5 Å². The molecule has 0 aliphatic rings. The number of carbonyl (C=O) groups excluding carboxylic acids is 1. The third-order valence-corrected chi connectivity index (χ3v) is 5.24. The molecule has 162 valence electrons. The topological polar surface area (TPSA) is 81.8 Å². The van der Waals surface area contributed by atoms with E-state index < -0.39 is 17.3 Å². The van der Waals surface area contributed by atoms with Gasteiger partial charge in [0.15, 0.2) is 0 Å². The Balaban J connectivity index is 1.50. The molecular weight excluding hydrogens is 409 g/mol. The Morgan fingerprint density at radius 3 is 2.41 bits per heavy atom. The first-order chi connectivity index (χ1) is 15.4. The van der Waals surface area contributed by atoms with Gasteiger partial charge >= 0.3 is 0 Å². The van der Waals surface area contributed by atoms with E-state index in [2.05, 4.69) is 15.5 Å². The van der Waals surface area contributed by atoms with E-state index >= 15 is 0 Å². The fourth-order valence-corrected chi connectivity index (χ4v) is 3.46. The zero-order valence-corrected chi connectivity index (χ0v) is 17.7. The third-order valence-electron chi connectivity index (χ3n) is 5.24. The lowest BCUT2D eigenvalue weighted by Crippen LogP contribution is -2.29. The molecule has 0 saturated carbocycles. The van der Waals surface area contributed by atoms with Crippen LogP contribution in [0.5, 0.6) is 0 Å². The molecular formula is C24H22FN5O2. The summed E-state index contributed by atoms with van der Waals surface area (Å²) in [6.45, 7) is 4.80. The maximum absolute atomic E-state index is 13.2. The van der Waals surface area contributed by atoms with Gasteiger partial charge in [0.05, 0.1) is 17.9 Å². The first kappa shape index (κ1) is 21.2. The van der Waals surface area contributed by atoms with E-state index in [9.17, 15) is 14.0 Å². The zero-order valence-electron chi connectivity index (χ0n) is 17.7. The summed E-state index contributed by atoms with van der Waals surface area (Å²) in [5.74, 6) is -0.843. The second kappa shape index (κ2) is 8.97. The number of carbonyl (C=O) groups is 1. The SMILES string of the molecule is Cc1nn(Cc2ccccc2)c(C)c1CNC(=O)c1ccc(=O)n(-c2ccc(F)cc2)n1. The Bertz CT molecular complexity index is 1310. The van der Waals surface area contributed by atoms with Gasteiger partial charge in [-0.1, -0.05) is 30.3 Å². The zero-order chi connectivity index (χ0) is 22.7. The highest BCUT2D eigenvalue weighted by Crippen LogP contribution is 2.15. The highest BCUT2D eigenvalue weighted by Gasteiger charge is 2.15. The second-order valence-electron chi connectivity index (χ2n) is 7.42. The minimum absolute atomic E-state index is 0.0842. The lowest BCUT2D eigenvalue weighted by Gasteiger charge is -2.09. The number of nitrogens with zero attached hydrogens (tertiary/aromatic N) is 4. The van der Waals surface area contributed by atoms with Crippen LogP contribution >= 0.6 is 0 Å². The normalized spacial score (nSPS) is 10.8. The molecule has 0 aliphatic carbocycles. The fraction of sp³-hybridized carbons (Fsp3) is 0.167. The average Bonchev–Trinajstić information content (AvgIpc) is 3.06. The smallest absolute Gasteiger partial charge is 0.272 e. The molecule has 0 bridgehead atoms. The number of aromatic nitrogens is 4. The molecule has 2 aromatic heterocycles. The van der Waals surface area contributed by atoms with E-state index in [4.69, 9.17) is 0 Å². The van der Waals surface area contributed by atoms with Crippen molar-refractivity contribution in [1.82, 2.24) is 24.9 Å². The van der Waals surface area contributed by atoms with Crippen LogP contribution in [0.15, 0.2) is 71.5 Å². The van der Waals surface area contributed by atoms with E-state index in [1.165, 1.54) is 36.4 Å². The van der Waals surface area contributed by atoms with Crippen LogP contribution in [0.25, 0.3) is 5.69 Å². The summed E-state index contributed by atoms with van der Waals surface area (Å²) >= 11 is 0. The maximum Gasteiger partial charge on any atom is 0.272 e. The second-order valence-corrected chi connectivity index (χ2v) is 7.42. The molecule has 4 aromatic rings. The standard InChI is InChI=1S/C24H22FN5O2/c1-16-21(17(2)29(27-16)15-18-6-4-3-5-7-18)14-26-24(32)22-12-13-23(31)30(28-22)20-10-8-19(25)9-11-20/h3-13H,14-15H2,1-2H3,(H,26,32). The summed E-state index contributed by atoms with van der Waals surface area (Å²) < 4.78 is 16.2. The molecule has 1 amide bonds. The van der Waals surface area contributed by atoms with Gasteiger partial charge < -0.3 is 5.32 Å². The van der Waals surface area contributed by atoms with Crippen LogP contribution in [0.2, 0.25) is 0 Å². The summed E-state index contributed by atoms with van der Waals surface area (Å²) in [5, 5.41) is 11.6. The van der Waals surface area contributed by atoms with Crippen molar-refractivity contribution in [1.29, 1.82) is 0 Å². The molecule has 0 saturated heterocycles. The molecule has 7 nitrogen and oxygen atoms in total. The Labute approximate surface area is 184 Å². The summed E-state index contributed by atoms with van der Waals surface area (Å²) in [5.41, 5.74) is 3.92. The molecule has 32 heavy (non-hydrogen) atoms. The molecule has 0 spiro atoms. The van der Waals surface area contributed by atoms with E-state index in [0.29, 0.717) is 12.2 Å². The van der Waals surface area contributed by atoms with Gasteiger partial charge in [-0.3, -0.25) is 14.3 Å². The number of aryl methyl sites for hydroxylation is 1. The lowest BCUT2D eigenvalue weighted by molar-refractivity contribution is 0.0944. The molecule has 2 heterocycles. The Morgan fingerprint density at radius 1 is 0.969 bits per heavy atom. The van der Waals surface area contributed by atoms with Crippen LogP contribution in [0.4, 0.5) is 4.39 Å². The van der Waals surface area contributed by atoms with Crippen LogP contribution in [0.3, 0.4) is 0 Å². The lowest BCUT2D eigenvalue weighted by atomic mass is 10.2. The number of benzene rings is 2. The van der Waals surface area contributed by atoms with Crippen molar-refractivity contribution in [3.05, 3.63) is 111 Å². The fourth-order valence-electron chi connectivity index (χ4n) is 3.46. The van der Waals surface area contributed by atoms with Crippen LogP contribution in [0, 0.1) is 19.7 Å². The van der Waals surface area contributed by atoms with Crippen LogP contribution < -0.4 is 10.9 Å². The average molecular weight is 431 g/mol. The maximum atomic E-state index is 13.2. The highest BCUT2D eigenvalue weighted by atomic mass is 19.1. The van der Waals surface area contributed by atoms with Gasteiger partial charge in [0.25, 0.3) is 11.5 Å². The third kappa shape index (κ3) is 4.49. The van der Waals surface area contributed by atoms with Crippen molar-refractivity contribution in [2.45, 2.75) is 26.9 Å². The van der Waals surface area contributed by atoms with E-state index in [-0.39, 0.29) is 12.2 Å². The number of hydrogen-bond acceptors (Lipinski definition) is 4. The van der Waals surface area contributed by atoms with Crippen molar-refractivity contribution < 1.29 is 9.18 Å². The van der Waals surface area contributed by atoms with Crippen molar-refractivity contribution in [2.24, 2.45) is 0 Å². The van der Waals surface area contributed by atoms with Crippen molar-refractivity contribution in [2.75, 3.05) is 0 Å². The predicted octanol–water partition coefficient (Wildman–Crippen LogP) is 3.16. The first-order valence-corrected chi connectivity index (χ1v) is 10.1. The largest absolute Gasteiger partial charge is 0.346 e. The molecule has 2 aromatic carbocycles. The molecule has 0 radical (unpaired) electrons. The quantitative estimate of drug-likeness (QED) is 0.509. The van der Waals surface area contributed by atoms with Crippen LogP contribution in [0.1, 0.15) is 33.0 Å². The van der Waals surface area contributed by atoms with Gasteiger partial charge in [0.2, 0.25) is 0 Å². The summed E-state index contributed by atoms with van der Waals surface area (Å²) in [7, 11) is 0. The van der Waals surface area contributed by atoms with Gasteiger partial charge in [-0.05, 0) is 49.7 Å². The van der Waals surface area contributed by atoms with Crippen molar-refractivity contribution in [3.63, 3.8) is 0 Å². The first-order valence-electron chi connectivity index (χ1n) is 10.1. The highest BCUT2D eigenvalue weighted by molar-refractivity contribution is 5.92. The summed E-state index contributed by atoms with van der Waals surface area (Å²) in [6, 6.07) is 18.0. The van der Waals surface area contributed by atoms with Crippen LogP contribution in [-0.2, 0) is 13.1 Å². The van der Waals surface area contributed by atoms with Gasteiger partial charge in [-0.25, -0.2) is 4.39 Å². The molecule has 1 N–H and O–H groups in total. The molecule has 8 heteroatoms. The van der Waals surface area contributed by atoms with Crippen molar-refractivity contribution >= 4 is 5.91 Å². The number of nitrogens with one attached hydrogen (secondary N) is 1. The van der Waals surface area contributed by atoms with Gasteiger partial charge in [-0.2, -0.15) is 14.9 Å². The van der Waals surface area contributed by atoms with Crippen molar-refractivity contribution in [3.8, 4) is 5.69 Å². The number of hydrogen-bond donors (Lipinski definition) is 1. The molecule has 4 rings (SSSR count). The van der Waals surface area contributed by atoms with E-state index in [1.54, 1.807) is 0 Å². The summed E-state index contributed by atoms with van der Waals surface area (Å²) in [4.78, 5) is 24.9. The van der Waals surface area contributed by atoms with Gasteiger partial charge in [0, 0.05) is 23.9 Å². The minimum Gasteiger partial charge on any atom is -0.346 e. The van der Waals surface area contributed by atoms with E-state index in [0.717, 1.165) is 27.2 Å². The summed E-state index contributed by atoms with van der Waals surface area (Å²) in [6.07, 6.45) is 0. The molecule has 0 atom stereocenters. The Hall–Kier alpha value is -4.07. The monoisotopic (exact) mass is 431 g/mol. The van der Waals surface area contributed by atoms with Gasteiger partial charge in [0.1, 0.15) is 11.5 Å². The number of rotatable bonds is 6. The molecule has 0 aliphatic heterocycles.